The van der Waals surface area contributed by atoms with Gasteiger partial charge in [-0.2, -0.15) is 0 Å². The molecule has 0 aromatic carbocycles. The summed E-state index contributed by atoms with van der Waals surface area (Å²) in [5, 5.41) is 19.9. The van der Waals surface area contributed by atoms with Crippen molar-refractivity contribution >= 4 is 5.95 Å². The van der Waals surface area contributed by atoms with Crippen molar-refractivity contribution < 1.29 is 10.2 Å². The minimum atomic E-state index is -0.481. The summed E-state index contributed by atoms with van der Waals surface area (Å²) in [6.07, 6.45) is 6.02. The molecule has 3 rings (SSSR count). The monoisotopic (exact) mass is 321 g/mol. The Morgan fingerprint density at radius 3 is 2.26 bits per heavy atom. The van der Waals surface area contributed by atoms with Gasteiger partial charge < -0.3 is 15.1 Å². The van der Waals surface area contributed by atoms with Crippen LogP contribution >= 0.6 is 0 Å². The molecule has 2 saturated heterocycles. The van der Waals surface area contributed by atoms with Crippen LogP contribution in [0.3, 0.4) is 0 Å². The lowest BCUT2D eigenvalue weighted by Gasteiger charge is -2.38. The van der Waals surface area contributed by atoms with E-state index in [1.165, 1.54) is 0 Å². The van der Waals surface area contributed by atoms with Crippen LogP contribution in [0, 0.1) is 0 Å². The van der Waals surface area contributed by atoms with Gasteiger partial charge in [0.05, 0.1) is 0 Å². The summed E-state index contributed by atoms with van der Waals surface area (Å²) in [4.78, 5) is 15.1. The number of hydrogen-bond donors (Lipinski definition) is 2. The molecular formula is C16H27N5O2. The Kier molecular flexibility index (Phi) is 5.77. The predicted octanol–water partition coefficient (Wildman–Crippen LogP) is 0.111. The molecule has 0 bridgehead atoms. The van der Waals surface area contributed by atoms with Crippen molar-refractivity contribution in [3.05, 3.63) is 18.5 Å². The molecule has 7 heteroatoms. The van der Waals surface area contributed by atoms with E-state index >= 15 is 0 Å². The second-order valence-corrected chi connectivity index (χ2v) is 6.36. The topological polar surface area (TPSA) is 76.0 Å². The molecule has 128 valence electrons. The summed E-state index contributed by atoms with van der Waals surface area (Å²) in [6, 6.07) is 1.84. The van der Waals surface area contributed by atoms with Crippen molar-refractivity contribution in [2.45, 2.75) is 38.1 Å². The summed E-state index contributed by atoms with van der Waals surface area (Å²) in [7, 11) is 0. The number of piperazine rings is 1. The first kappa shape index (κ1) is 16.6. The molecule has 7 nitrogen and oxygen atoms in total. The summed E-state index contributed by atoms with van der Waals surface area (Å²) >= 11 is 0. The van der Waals surface area contributed by atoms with Gasteiger partial charge in [-0.25, -0.2) is 9.97 Å². The lowest BCUT2D eigenvalue weighted by molar-refractivity contribution is -0.131. The van der Waals surface area contributed by atoms with Gasteiger partial charge >= 0.3 is 0 Å². The van der Waals surface area contributed by atoms with E-state index in [0.717, 1.165) is 70.9 Å². The average Bonchev–Trinajstić information content (AvgIpc) is 2.59. The number of hydrogen-bond acceptors (Lipinski definition) is 7. The fourth-order valence-electron chi connectivity index (χ4n) is 3.41. The Balaban J connectivity index is 1.38. The third-order valence-corrected chi connectivity index (χ3v) is 4.79. The standard InChI is InChI=1S/C16H27N5O2/c22-14-4-1-5-15(23)21(14)9-3-8-19-10-12-20(13-11-19)16-17-6-2-7-18-16/h2,6-7,14-15,22-23H,1,3-5,8-13H2. The first-order valence-electron chi connectivity index (χ1n) is 8.60. The molecule has 2 aliphatic heterocycles. The van der Waals surface area contributed by atoms with Crippen LogP contribution < -0.4 is 4.90 Å². The fourth-order valence-corrected chi connectivity index (χ4v) is 3.41. The van der Waals surface area contributed by atoms with Crippen molar-refractivity contribution in [1.82, 2.24) is 19.8 Å². The quantitative estimate of drug-likeness (QED) is 0.797. The van der Waals surface area contributed by atoms with Gasteiger partial charge in [0.1, 0.15) is 12.5 Å². The smallest absolute Gasteiger partial charge is 0.225 e. The molecule has 0 aliphatic carbocycles. The molecule has 2 aliphatic rings. The molecule has 2 unspecified atom stereocenters. The zero-order valence-corrected chi connectivity index (χ0v) is 13.6. The summed E-state index contributed by atoms with van der Waals surface area (Å²) < 4.78 is 0. The second-order valence-electron chi connectivity index (χ2n) is 6.36. The highest BCUT2D eigenvalue weighted by Crippen LogP contribution is 2.20. The number of anilines is 1. The Hall–Kier alpha value is -1.28. The minimum Gasteiger partial charge on any atom is -0.378 e. The predicted molar refractivity (Wildman–Crippen MR) is 87.9 cm³/mol. The number of aliphatic hydroxyl groups excluding tert-OH is 2. The van der Waals surface area contributed by atoms with E-state index < -0.39 is 12.5 Å². The molecule has 0 radical (unpaired) electrons. The zero-order valence-electron chi connectivity index (χ0n) is 13.6. The number of piperidine rings is 1. The van der Waals surface area contributed by atoms with Crippen LogP contribution in [0.25, 0.3) is 0 Å². The Bertz CT molecular complexity index is 457. The Morgan fingerprint density at radius 1 is 0.957 bits per heavy atom. The van der Waals surface area contributed by atoms with E-state index in [9.17, 15) is 10.2 Å². The van der Waals surface area contributed by atoms with Gasteiger partial charge in [-0.05, 0) is 38.3 Å². The lowest BCUT2D eigenvalue weighted by Crippen LogP contribution is -2.49. The second kappa shape index (κ2) is 8.01. The number of nitrogens with zero attached hydrogens (tertiary/aromatic N) is 5. The SMILES string of the molecule is OC1CCCC(O)N1CCCN1CCN(c2ncccn2)CC1. The third-order valence-electron chi connectivity index (χ3n) is 4.79. The molecule has 0 spiro atoms. The molecule has 23 heavy (non-hydrogen) atoms. The van der Waals surface area contributed by atoms with Crippen LogP contribution in [-0.4, -0.2) is 81.7 Å². The number of likely N-dealkylation sites (tertiary alicyclic amines) is 1. The van der Waals surface area contributed by atoms with Crippen LogP contribution in [0.2, 0.25) is 0 Å². The maximum absolute atomic E-state index is 9.97. The van der Waals surface area contributed by atoms with E-state index in [1.807, 2.05) is 11.0 Å². The molecule has 0 amide bonds. The van der Waals surface area contributed by atoms with Crippen molar-refractivity contribution in [2.75, 3.05) is 44.2 Å². The molecule has 1 aromatic heterocycles. The third kappa shape index (κ3) is 4.38. The van der Waals surface area contributed by atoms with Crippen LogP contribution in [0.5, 0.6) is 0 Å². The molecule has 2 fully saturated rings. The van der Waals surface area contributed by atoms with Crippen LogP contribution in [0.15, 0.2) is 18.5 Å². The van der Waals surface area contributed by atoms with Gasteiger partial charge in [0, 0.05) is 45.1 Å². The zero-order chi connectivity index (χ0) is 16.1. The molecule has 0 saturated carbocycles. The number of aromatic nitrogens is 2. The van der Waals surface area contributed by atoms with Crippen LogP contribution in [0.1, 0.15) is 25.7 Å². The minimum absolute atomic E-state index is 0.481. The van der Waals surface area contributed by atoms with Gasteiger partial charge in [-0.3, -0.25) is 9.80 Å². The molecule has 3 heterocycles. The molecular weight excluding hydrogens is 294 g/mol. The lowest BCUT2D eigenvalue weighted by atomic mass is 10.1. The maximum atomic E-state index is 9.97. The molecule has 2 N–H and O–H groups in total. The fraction of sp³-hybridized carbons (Fsp3) is 0.750. The van der Waals surface area contributed by atoms with E-state index in [2.05, 4.69) is 19.8 Å². The van der Waals surface area contributed by atoms with Crippen molar-refractivity contribution in [3.63, 3.8) is 0 Å². The number of aliphatic hydroxyl groups is 2. The Labute approximate surface area is 137 Å². The number of rotatable bonds is 5. The molecule has 2 atom stereocenters. The summed E-state index contributed by atoms with van der Waals surface area (Å²) in [6.45, 7) is 5.65. The van der Waals surface area contributed by atoms with Gasteiger partial charge in [0.2, 0.25) is 5.95 Å². The Morgan fingerprint density at radius 2 is 1.61 bits per heavy atom. The highest BCUT2D eigenvalue weighted by atomic mass is 16.3. The van der Waals surface area contributed by atoms with E-state index in [1.54, 1.807) is 12.4 Å². The first-order chi connectivity index (χ1) is 11.2. The van der Waals surface area contributed by atoms with Crippen molar-refractivity contribution in [2.24, 2.45) is 0 Å². The first-order valence-corrected chi connectivity index (χ1v) is 8.60. The van der Waals surface area contributed by atoms with Gasteiger partial charge in [-0.1, -0.05) is 0 Å². The van der Waals surface area contributed by atoms with Gasteiger partial charge in [0.15, 0.2) is 0 Å². The van der Waals surface area contributed by atoms with Crippen LogP contribution in [0.4, 0.5) is 5.95 Å². The highest BCUT2D eigenvalue weighted by Gasteiger charge is 2.27. The van der Waals surface area contributed by atoms with Crippen molar-refractivity contribution in [1.29, 1.82) is 0 Å². The normalized spacial score (nSPS) is 27.3. The highest BCUT2D eigenvalue weighted by molar-refractivity contribution is 5.29. The maximum Gasteiger partial charge on any atom is 0.225 e. The van der Waals surface area contributed by atoms with Gasteiger partial charge in [0.25, 0.3) is 0 Å². The average molecular weight is 321 g/mol. The van der Waals surface area contributed by atoms with Gasteiger partial charge in [-0.15, -0.1) is 0 Å². The largest absolute Gasteiger partial charge is 0.378 e. The summed E-state index contributed by atoms with van der Waals surface area (Å²) in [5.41, 5.74) is 0. The summed E-state index contributed by atoms with van der Waals surface area (Å²) in [5.74, 6) is 0.812. The van der Waals surface area contributed by atoms with Crippen molar-refractivity contribution in [3.8, 4) is 0 Å². The van der Waals surface area contributed by atoms with E-state index in [0.29, 0.717) is 0 Å². The van der Waals surface area contributed by atoms with E-state index in [4.69, 9.17) is 0 Å². The van der Waals surface area contributed by atoms with Crippen LogP contribution in [-0.2, 0) is 0 Å². The van der Waals surface area contributed by atoms with E-state index in [-0.39, 0.29) is 0 Å². The molecule has 1 aromatic rings.